The summed E-state index contributed by atoms with van der Waals surface area (Å²) >= 11 is 5.62. The fourth-order valence-electron chi connectivity index (χ4n) is 2.05. The molecule has 1 amide bonds. The molecule has 0 spiro atoms. The number of anilines is 1. The number of aromatic nitrogens is 2. The van der Waals surface area contributed by atoms with Crippen LogP contribution in [0.3, 0.4) is 0 Å². The van der Waals surface area contributed by atoms with E-state index in [9.17, 15) is 26.7 Å². The number of hydrogen-bond donors (Lipinski definition) is 1. The minimum Gasteiger partial charge on any atom is -0.433 e. The number of nitrogens with zero attached hydrogens (tertiary/aromatic N) is 2. The number of amides is 1. The van der Waals surface area contributed by atoms with Crippen LogP contribution in [0, 0.1) is 6.92 Å². The van der Waals surface area contributed by atoms with E-state index >= 15 is 0 Å². The Morgan fingerprint density at radius 1 is 1.36 bits per heavy atom. The molecule has 0 fully saturated rings. The number of carbonyl (C=O) groups is 1. The van der Waals surface area contributed by atoms with E-state index in [2.05, 4.69) is 15.2 Å². The van der Waals surface area contributed by atoms with Gasteiger partial charge in [0.2, 0.25) is 0 Å². The average Bonchev–Trinajstić information content (AvgIpc) is 2.76. The molecule has 5 nitrogen and oxygen atoms in total. The van der Waals surface area contributed by atoms with Gasteiger partial charge in [-0.25, -0.2) is 0 Å². The third-order valence-corrected chi connectivity index (χ3v) is 3.43. The average molecular weight is 384 g/mol. The van der Waals surface area contributed by atoms with Gasteiger partial charge in [-0.3, -0.25) is 9.48 Å². The van der Waals surface area contributed by atoms with E-state index in [0.717, 1.165) is 7.05 Å². The van der Waals surface area contributed by atoms with Crippen LogP contribution < -0.4 is 10.1 Å². The summed E-state index contributed by atoms with van der Waals surface area (Å²) in [6, 6.07) is 3.99. The summed E-state index contributed by atoms with van der Waals surface area (Å²) in [5.74, 6) is -1.40. The van der Waals surface area contributed by atoms with Crippen LogP contribution in [-0.2, 0) is 13.2 Å². The Labute approximate surface area is 143 Å². The largest absolute Gasteiger partial charge is 0.436 e. The number of ether oxygens (including phenoxy) is 1. The predicted octanol–water partition coefficient (Wildman–Crippen LogP) is 4.25. The Morgan fingerprint density at radius 2 is 2.00 bits per heavy atom. The van der Waals surface area contributed by atoms with Crippen molar-refractivity contribution in [2.75, 3.05) is 5.32 Å². The van der Waals surface area contributed by atoms with Crippen LogP contribution in [0.25, 0.3) is 0 Å². The minimum absolute atomic E-state index is 0.142. The highest BCUT2D eigenvalue weighted by atomic mass is 35.5. The molecule has 0 aliphatic rings. The quantitative estimate of drug-likeness (QED) is 0.803. The molecule has 0 unspecified atom stereocenters. The second-order valence-electron chi connectivity index (χ2n) is 4.96. The van der Waals surface area contributed by atoms with Gasteiger partial charge in [-0.05, 0) is 24.6 Å². The number of carbonyl (C=O) groups excluding carboxylic acids is 1. The number of halogens is 6. The van der Waals surface area contributed by atoms with Crippen LogP contribution >= 0.6 is 11.6 Å². The van der Waals surface area contributed by atoms with Gasteiger partial charge in [-0.1, -0.05) is 17.7 Å². The molecular formula is C14H11ClF5N3O2. The van der Waals surface area contributed by atoms with Crippen LogP contribution in [0.2, 0.25) is 5.02 Å². The van der Waals surface area contributed by atoms with Crippen molar-refractivity contribution < 1.29 is 31.5 Å². The van der Waals surface area contributed by atoms with Gasteiger partial charge in [0.1, 0.15) is 16.5 Å². The van der Waals surface area contributed by atoms with Crippen molar-refractivity contribution in [1.29, 1.82) is 0 Å². The molecule has 2 rings (SSSR count). The monoisotopic (exact) mass is 383 g/mol. The number of aryl methyl sites for hydroxylation is 2. The second kappa shape index (κ2) is 6.87. The maximum absolute atomic E-state index is 12.8. The van der Waals surface area contributed by atoms with Gasteiger partial charge in [0.05, 0.1) is 5.69 Å². The molecule has 0 atom stereocenters. The van der Waals surface area contributed by atoms with E-state index in [-0.39, 0.29) is 11.4 Å². The van der Waals surface area contributed by atoms with E-state index in [0.29, 0.717) is 10.2 Å². The maximum atomic E-state index is 12.8. The van der Waals surface area contributed by atoms with Gasteiger partial charge in [0.15, 0.2) is 5.69 Å². The molecule has 11 heteroatoms. The van der Waals surface area contributed by atoms with Gasteiger partial charge in [-0.15, -0.1) is 0 Å². The van der Waals surface area contributed by atoms with Gasteiger partial charge in [-0.2, -0.15) is 27.1 Å². The molecule has 0 aliphatic heterocycles. The molecule has 136 valence electrons. The minimum atomic E-state index is -4.85. The highest BCUT2D eigenvalue weighted by Gasteiger charge is 2.39. The van der Waals surface area contributed by atoms with Crippen molar-refractivity contribution in [3.63, 3.8) is 0 Å². The lowest BCUT2D eigenvalue weighted by Gasteiger charge is -2.13. The molecule has 1 aromatic carbocycles. The van der Waals surface area contributed by atoms with Crippen LogP contribution in [0.1, 0.15) is 21.7 Å². The van der Waals surface area contributed by atoms with Crippen LogP contribution in [-0.4, -0.2) is 22.3 Å². The lowest BCUT2D eigenvalue weighted by atomic mass is 10.2. The van der Waals surface area contributed by atoms with Crippen molar-refractivity contribution in [3.8, 4) is 5.75 Å². The standard InChI is InChI=1S/C14H11ClF5N3O2/c1-6-3-4-8(25-13(16)17)7(5-6)21-12(24)10-9(15)11(14(18,19)20)22-23(10)2/h3-5,13H,1-2H3,(H,21,24). The Morgan fingerprint density at radius 3 is 2.52 bits per heavy atom. The van der Waals surface area contributed by atoms with Crippen LogP contribution in [0.4, 0.5) is 27.6 Å². The van der Waals surface area contributed by atoms with Gasteiger partial charge < -0.3 is 10.1 Å². The number of hydrogen-bond acceptors (Lipinski definition) is 3. The molecule has 1 aromatic heterocycles. The number of benzene rings is 1. The third-order valence-electron chi connectivity index (χ3n) is 3.07. The van der Waals surface area contributed by atoms with Crippen LogP contribution in [0.15, 0.2) is 18.2 Å². The zero-order valence-electron chi connectivity index (χ0n) is 12.8. The number of nitrogens with one attached hydrogen (secondary N) is 1. The fourth-order valence-corrected chi connectivity index (χ4v) is 2.40. The second-order valence-corrected chi connectivity index (χ2v) is 5.34. The Balaban J connectivity index is 2.38. The van der Waals surface area contributed by atoms with Crippen molar-refractivity contribution in [3.05, 3.63) is 40.2 Å². The third kappa shape index (κ3) is 4.19. The molecule has 25 heavy (non-hydrogen) atoms. The molecule has 1 heterocycles. The number of rotatable bonds is 4. The fraction of sp³-hybridized carbons (Fsp3) is 0.286. The summed E-state index contributed by atoms with van der Waals surface area (Å²) in [6.07, 6.45) is -4.85. The Kier molecular flexibility index (Phi) is 5.21. The molecule has 0 saturated heterocycles. The first kappa shape index (κ1) is 19.0. The van der Waals surface area contributed by atoms with Crippen molar-refractivity contribution in [1.82, 2.24) is 9.78 Å². The molecule has 2 aromatic rings. The van der Waals surface area contributed by atoms with Gasteiger partial charge in [0, 0.05) is 7.05 Å². The molecule has 0 aliphatic carbocycles. The Hall–Kier alpha value is -2.36. The first-order chi connectivity index (χ1) is 11.5. The van der Waals surface area contributed by atoms with Crippen molar-refractivity contribution >= 4 is 23.2 Å². The summed E-state index contributed by atoms with van der Waals surface area (Å²) in [5.41, 5.74) is -1.53. The summed E-state index contributed by atoms with van der Waals surface area (Å²) in [5, 5.41) is 4.50. The predicted molar refractivity (Wildman–Crippen MR) is 79.0 cm³/mol. The van der Waals surface area contributed by atoms with E-state index < -0.39 is 35.1 Å². The lowest BCUT2D eigenvalue weighted by molar-refractivity contribution is -0.141. The SMILES string of the molecule is Cc1ccc(OC(F)F)c(NC(=O)c2c(Cl)c(C(F)(F)F)nn2C)c1. The summed E-state index contributed by atoms with van der Waals surface area (Å²) < 4.78 is 68.2. The van der Waals surface area contributed by atoms with E-state index in [4.69, 9.17) is 11.6 Å². The van der Waals surface area contributed by atoms with Crippen molar-refractivity contribution in [2.45, 2.75) is 19.7 Å². The molecule has 0 saturated carbocycles. The zero-order valence-corrected chi connectivity index (χ0v) is 13.5. The highest BCUT2D eigenvalue weighted by Crippen LogP contribution is 2.36. The van der Waals surface area contributed by atoms with Gasteiger partial charge >= 0.3 is 12.8 Å². The zero-order chi connectivity index (χ0) is 18.9. The molecular weight excluding hydrogens is 373 g/mol. The van der Waals surface area contributed by atoms with E-state index in [1.54, 1.807) is 6.92 Å². The number of alkyl halides is 5. The topological polar surface area (TPSA) is 56.1 Å². The van der Waals surface area contributed by atoms with Crippen molar-refractivity contribution in [2.24, 2.45) is 7.05 Å². The normalized spacial score (nSPS) is 11.7. The summed E-state index contributed by atoms with van der Waals surface area (Å²) in [7, 11) is 1.10. The lowest BCUT2D eigenvalue weighted by Crippen LogP contribution is -2.17. The first-order valence-electron chi connectivity index (χ1n) is 6.67. The molecule has 0 bridgehead atoms. The molecule has 0 radical (unpaired) electrons. The van der Waals surface area contributed by atoms with E-state index in [1.165, 1.54) is 18.2 Å². The molecule has 1 N–H and O–H groups in total. The first-order valence-corrected chi connectivity index (χ1v) is 7.05. The summed E-state index contributed by atoms with van der Waals surface area (Å²) in [4.78, 5) is 12.3. The smallest absolute Gasteiger partial charge is 0.433 e. The Bertz CT molecular complexity index is 804. The van der Waals surface area contributed by atoms with Gasteiger partial charge in [0.25, 0.3) is 5.91 Å². The summed E-state index contributed by atoms with van der Waals surface area (Å²) in [6.45, 7) is -1.52. The van der Waals surface area contributed by atoms with Crippen LogP contribution in [0.5, 0.6) is 5.75 Å². The maximum Gasteiger partial charge on any atom is 0.436 e. The van der Waals surface area contributed by atoms with E-state index in [1.807, 2.05) is 0 Å². The highest BCUT2D eigenvalue weighted by molar-refractivity contribution is 6.34.